The molecule has 1 aromatic heterocycles. The van der Waals surface area contributed by atoms with Gasteiger partial charge in [-0.3, -0.25) is 9.58 Å². The van der Waals surface area contributed by atoms with Crippen LogP contribution in [0.1, 0.15) is 50.9 Å². The van der Waals surface area contributed by atoms with Crippen LogP contribution in [0.5, 0.6) is 0 Å². The van der Waals surface area contributed by atoms with Crippen LogP contribution in [0.4, 0.5) is 0 Å². The Morgan fingerprint density at radius 2 is 2.14 bits per heavy atom. The van der Waals surface area contributed by atoms with Gasteiger partial charge in [0, 0.05) is 38.3 Å². The van der Waals surface area contributed by atoms with Crippen LogP contribution in [0.3, 0.4) is 0 Å². The van der Waals surface area contributed by atoms with Crippen molar-refractivity contribution in [1.29, 1.82) is 0 Å². The van der Waals surface area contributed by atoms with E-state index in [4.69, 9.17) is 0 Å². The highest BCUT2D eigenvalue weighted by Crippen LogP contribution is 2.37. The van der Waals surface area contributed by atoms with Crippen molar-refractivity contribution >= 4 is 0 Å². The van der Waals surface area contributed by atoms with Gasteiger partial charge in [0.2, 0.25) is 0 Å². The summed E-state index contributed by atoms with van der Waals surface area (Å²) in [7, 11) is 0. The number of aromatic nitrogens is 2. The minimum atomic E-state index is 0.670. The summed E-state index contributed by atoms with van der Waals surface area (Å²) in [5.41, 5.74) is 2.54. The average Bonchev–Trinajstić information content (AvgIpc) is 3.24. The van der Waals surface area contributed by atoms with E-state index in [1.807, 2.05) is 0 Å². The first kappa shape index (κ1) is 15.0. The molecule has 0 bridgehead atoms. The molecule has 1 aliphatic heterocycles. The van der Waals surface area contributed by atoms with E-state index >= 15 is 0 Å². The Hall–Kier alpha value is -0.870. The standard InChI is InChI=1S/C17H30N4/c1-4-6-15-11-20(17(10-18-15)14-7-8-14)12-16-9-13(3)19-21(16)5-2/h9,14-15,17-18H,4-8,10-12H2,1-3H3. The van der Waals surface area contributed by atoms with Crippen molar-refractivity contribution in [3.05, 3.63) is 17.5 Å². The average molecular weight is 290 g/mol. The lowest BCUT2D eigenvalue weighted by atomic mass is 10.0. The molecule has 0 spiro atoms. The van der Waals surface area contributed by atoms with Crippen LogP contribution in [-0.2, 0) is 13.1 Å². The summed E-state index contributed by atoms with van der Waals surface area (Å²) in [4.78, 5) is 2.73. The maximum atomic E-state index is 4.61. The Balaban J connectivity index is 1.72. The van der Waals surface area contributed by atoms with E-state index in [9.17, 15) is 0 Å². The zero-order valence-electron chi connectivity index (χ0n) is 13.8. The smallest absolute Gasteiger partial charge is 0.0597 e. The molecule has 2 heterocycles. The van der Waals surface area contributed by atoms with Crippen LogP contribution in [0.25, 0.3) is 0 Å². The molecule has 1 N–H and O–H groups in total. The number of rotatable bonds is 6. The van der Waals surface area contributed by atoms with Crippen molar-refractivity contribution < 1.29 is 0 Å². The van der Waals surface area contributed by atoms with Gasteiger partial charge in [-0.05, 0) is 45.1 Å². The normalized spacial score (nSPS) is 27.2. The van der Waals surface area contributed by atoms with Crippen molar-refractivity contribution in [3.63, 3.8) is 0 Å². The lowest BCUT2D eigenvalue weighted by Crippen LogP contribution is -2.56. The number of piperazine rings is 1. The fourth-order valence-electron chi connectivity index (χ4n) is 3.78. The van der Waals surface area contributed by atoms with Gasteiger partial charge in [0.25, 0.3) is 0 Å². The predicted octanol–water partition coefficient (Wildman–Crippen LogP) is 2.56. The van der Waals surface area contributed by atoms with Gasteiger partial charge in [0.1, 0.15) is 0 Å². The SMILES string of the molecule is CCCC1CN(Cc2cc(C)nn2CC)C(C2CC2)CN1. The van der Waals surface area contributed by atoms with Gasteiger partial charge in [-0.2, -0.15) is 5.10 Å². The van der Waals surface area contributed by atoms with Crippen LogP contribution in [-0.4, -0.2) is 39.9 Å². The van der Waals surface area contributed by atoms with E-state index in [2.05, 4.69) is 46.8 Å². The molecule has 1 aliphatic carbocycles. The first-order valence-corrected chi connectivity index (χ1v) is 8.72. The summed E-state index contributed by atoms with van der Waals surface area (Å²) >= 11 is 0. The van der Waals surface area contributed by atoms with E-state index in [1.165, 1.54) is 44.5 Å². The molecule has 2 fully saturated rings. The van der Waals surface area contributed by atoms with Crippen molar-refractivity contribution in [1.82, 2.24) is 20.0 Å². The molecule has 1 aromatic rings. The predicted molar refractivity (Wildman–Crippen MR) is 86.3 cm³/mol. The Bertz CT molecular complexity index is 463. The third-order valence-electron chi connectivity index (χ3n) is 4.99. The summed E-state index contributed by atoms with van der Waals surface area (Å²) < 4.78 is 2.18. The second-order valence-corrected chi connectivity index (χ2v) is 6.82. The summed E-state index contributed by atoms with van der Waals surface area (Å²) in [5, 5.41) is 8.39. The quantitative estimate of drug-likeness (QED) is 0.874. The van der Waals surface area contributed by atoms with Gasteiger partial charge in [-0.1, -0.05) is 13.3 Å². The minimum Gasteiger partial charge on any atom is -0.311 e. The van der Waals surface area contributed by atoms with Crippen LogP contribution in [0.2, 0.25) is 0 Å². The number of hydrogen-bond donors (Lipinski definition) is 1. The minimum absolute atomic E-state index is 0.670. The van der Waals surface area contributed by atoms with Crippen LogP contribution in [0.15, 0.2) is 6.07 Å². The third kappa shape index (κ3) is 3.49. The van der Waals surface area contributed by atoms with Gasteiger partial charge in [0.15, 0.2) is 0 Å². The molecule has 1 saturated heterocycles. The largest absolute Gasteiger partial charge is 0.311 e. The van der Waals surface area contributed by atoms with Crippen molar-refractivity contribution in [2.45, 2.75) is 71.6 Å². The monoisotopic (exact) mass is 290 g/mol. The van der Waals surface area contributed by atoms with Gasteiger partial charge >= 0.3 is 0 Å². The van der Waals surface area contributed by atoms with E-state index in [0.29, 0.717) is 6.04 Å². The van der Waals surface area contributed by atoms with Gasteiger partial charge in [-0.15, -0.1) is 0 Å². The van der Waals surface area contributed by atoms with Crippen LogP contribution >= 0.6 is 0 Å². The highest BCUT2D eigenvalue weighted by Gasteiger charge is 2.38. The Morgan fingerprint density at radius 3 is 2.81 bits per heavy atom. The summed E-state index contributed by atoms with van der Waals surface area (Å²) in [6, 6.07) is 3.67. The third-order valence-corrected chi connectivity index (χ3v) is 4.99. The fourth-order valence-corrected chi connectivity index (χ4v) is 3.78. The number of hydrogen-bond acceptors (Lipinski definition) is 3. The van der Waals surface area contributed by atoms with E-state index in [-0.39, 0.29) is 0 Å². The molecule has 2 unspecified atom stereocenters. The lowest BCUT2D eigenvalue weighted by Gasteiger charge is -2.40. The Labute approximate surface area is 128 Å². The maximum absolute atomic E-state index is 4.61. The van der Waals surface area contributed by atoms with Gasteiger partial charge in [-0.25, -0.2) is 0 Å². The van der Waals surface area contributed by atoms with E-state index < -0.39 is 0 Å². The molecule has 2 atom stereocenters. The summed E-state index contributed by atoms with van der Waals surface area (Å²) in [5.74, 6) is 0.930. The Morgan fingerprint density at radius 1 is 1.33 bits per heavy atom. The molecule has 118 valence electrons. The molecular weight excluding hydrogens is 260 g/mol. The van der Waals surface area contributed by atoms with Crippen LogP contribution in [0, 0.1) is 12.8 Å². The van der Waals surface area contributed by atoms with Crippen LogP contribution < -0.4 is 5.32 Å². The molecule has 4 nitrogen and oxygen atoms in total. The van der Waals surface area contributed by atoms with Crippen molar-refractivity contribution in [2.24, 2.45) is 5.92 Å². The van der Waals surface area contributed by atoms with E-state index in [0.717, 1.165) is 30.7 Å². The highest BCUT2D eigenvalue weighted by atomic mass is 15.3. The molecule has 4 heteroatoms. The molecule has 0 amide bonds. The molecule has 1 saturated carbocycles. The molecule has 21 heavy (non-hydrogen) atoms. The first-order valence-electron chi connectivity index (χ1n) is 8.72. The summed E-state index contributed by atoms with van der Waals surface area (Å²) in [6.07, 6.45) is 5.41. The van der Waals surface area contributed by atoms with Gasteiger partial charge < -0.3 is 5.32 Å². The molecular formula is C17H30N4. The number of nitrogens with zero attached hydrogens (tertiary/aromatic N) is 3. The Kier molecular flexibility index (Phi) is 4.65. The summed E-state index contributed by atoms with van der Waals surface area (Å²) in [6.45, 7) is 11.0. The van der Waals surface area contributed by atoms with E-state index in [1.54, 1.807) is 0 Å². The topological polar surface area (TPSA) is 33.1 Å². The van der Waals surface area contributed by atoms with Gasteiger partial charge in [0.05, 0.1) is 11.4 Å². The first-order chi connectivity index (χ1) is 10.2. The highest BCUT2D eigenvalue weighted by molar-refractivity contribution is 5.10. The zero-order chi connectivity index (χ0) is 14.8. The zero-order valence-corrected chi connectivity index (χ0v) is 13.8. The fraction of sp³-hybridized carbons (Fsp3) is 0.824. The molecule has 0 radical (unpaired) electrons. The number of nitrogens with one attached hydrogen (secondary N) is 1. The van der Waals surface area contributed by atoms with Crippen molar-refractivity contribution in [3.8, 4) is 0 Å². The second kappa shape index (κ2) is 6.49. The maximum Gasteiger partial charge on any atom is 0.0597 e. The number of aryl methyl sites for hydroxylation is 2. The molecule has 2 aliphatic rings. The lowest BCUT2D eigenvalue weighted by molar-refractivity contribution is 0.101. The second-order valence-electron chi connectivity index (χ2n) is 6.82. The molecule has 3 rings (SSSR count). The molecule has 0 aromatic carbocycles. The van der Waals surface area contributed by atoms with Crippen molar-refractivity contribution in [2.75, 3.05) is 13.1 Å².